The summed E-state index contributed by atoms with van der Waals surface area (Å²) in [5, 5.41) is 4.16. The van der Waals surface area contributed by atoms with Crippen molar-refractivity contribution >= 4 is 35.2 Å². The summed E-state index contributed by atoms with van der Waals surface area (Å²) >= 11 is 0. The van der Waals surface area contributed by atoms with Crippen LogP contribution in [0.25, 0.3) is 0 Å². The van der Waals surface area contributed by atoms with Crippen molar-refractivity contribution in [3.8, 4) is 0 Å². The number of anilines is 2. The van der Waals surface area contributed by atoms with Crippen molar-refractivity contribution in [3.63, 3.8) is 0 Å². The van der Waals surface area contributed by atoms with E-state index in [1.54, 1.807) is 4.90 Å². The van der Waals surface area contributed by atoms with Gasteiger partial charge in [0.05, 0.1) is 11.6 Å². The quantitative estimate of drug-likeness (QED) is 0.621. The van der Waals surface area contributed by atoms with Gasteiger partial charge in [0.2, 0.25) is 5.91 Å². The molecule has 1 saturated heterocycles. The molecular formula is C24H26FN3O5. The molecule has 0 unspecified atom stereocenters. The van der Waals surface area contributed by atoms with Crippen LogP contribution in [0.2, 0.25) is 0 Å². The maximum atomic E-state index is 13.6. The van der Waals surface area contributed by atoms with Crippen LogP contribution in [0.5, 0.6) is 0 Å². The van der Waals surface area contributed by atoms with E-state index in [-0.39, 0.29) is 30.5 Å². The van der Waals surface area contributed by atoms with Crippen LogP contribution < -0.4 is 15.5 Å². The van der Waals surface area contributed by atoms with Crippen molar-refractivity contribution < 1.29 is 28.3 Å². The number of carbonyl (C=O) groups is 4. The van der Waals surface area contributed by atoms with Gasteiger partial charge in [-0.3, -0.25) is 19.7 Å². The third kappa shape index (κ3) is 5.94. The highest BCUT2D eigenvalue weighted by molar-refractivity contribution is 6.03. The molecule has 2 N–H and O–H groups in total. The minimum atomic E-state index is -0.954. The van der Waals surface area contributed by atoms with E-state index >= 15 is 0 Å². The molecule has 3 rings (SSSR count). The number of nitrogens with zero attached hydrogens (tertiary/aromatic N) is 1. The van der Waals surface area contributed by atoms with Gasteiger partial charge >= 0.3 is 12.0 Å². The van der Waals surface area contributed by atoms with Crippen LogP contribution in [0.15, 0.2) is 48.5 Å². The number of halogens is 1. The summed E-state index contributed by atoms with van der Waals surface area (Å²) in [7, 11) is 0. The van der Waals surface area contributed by atoms with Crippen LogP contribution in [-0.4, -0.2) is 37.0 Å². The number of nitrogens with one attached hydrogen (secondary N) is 2. The molecule has 2 aromatic rings. The minimum absolute atomic E-state index is 0.0247. The molecule has 0 radical (unpaired) electrons. The molecule has 4 amide bonds. The molecule has 0 bridgehead atoms. The molecule has 2 atom stereocenters. The summed E-state index contributed by atoms with van der Waals surface area (Å²) in [5.74, 6) is -2.89. The monoisotopic (exact) mass is 455 g/mol. The largest absolute Gasteiger partial charge is 0.455 e. The van der Waals surface area contributed by atoms with Gasteiger partial charge in [0.1, 0.15) is 5.82 Å². The minimum Gasteiger partial charge on any atom is -0.455 e. The third-order valence-electron chi connectivity index (χ3n) is 5.55. The molecule has 0 spiro atoms. The van der Waals surface area contributed by atoms with E-state index in [4.69, 9.17) is 4.74 Å². The topological polar surface area (TPSA) is 105 Å². The van der Waals surface area contributed by atoms with Gasteiger partial charge in [0.15, 0.2) is 6.61 Å². The summed E-state index contributed by atoms with van der Waals surface area (Å²) in [6, 6.07) is 12.1. The second-order valence-electron chi connectivity index (χ2n) is 7.86. The number of urea groups is 1. The van der Waals surface area contributed by atoms with Crippen molar-refractivity contribution in [3.05, 3.63) is 59.9 Å². The highest BCUT2D eigenvalue weighted by Gasteiger charge is 2.37. The van der Waals surface area contributed by atoms with Crippen molar-refractivity contribution in [1.82, 2.24) is 5.32 Å². The Bertz CT molecular complexity index is 1060. The maximum Gasteiger partial charge on any atom is 0.326 e. The van der Waals surface area contributed by atoms with Crippen molar-refractivity contribution in [2.75, 3.05) is 23.4 Å². The second-order valence-corrected chi connectivity index (χ2v) is 7.86. The zero-order chi connectivity index (χ0) is 24.0. The molecule has 33 heavy (non-hydrogen) atoms. The van der Waals surface area contributed by atoms with E-state index in [1.165, 1.54) is 18.2 Å². The molecule has 0 aromatic heterocycles. The SMILES string of the molecule is CC[C@H](C)c1ccccc1N1C[C@H](C(=O)OCC(=O)NC(=O)Nc2ccccc2F)CC1=O. The first kappa shape index (κ1) is 23.9. The number of benzene rings is 2. The highest BCUT2D eigenvalue weighted by Crippen LogP contribution is 2.33. The first-order chi connectivity index (χ1) is 15.8. The lowest BCUT2D eigenvalue weighted by molar-refractivity contribution is -0.152. The molecule has 0 saturated carbocycles. The van der Waals surface area contributed by atoms with Gasteiger partial charge in [-0.1, -0.05) is 44.2 Å². The number of imide groups is 1. The molecule has 174 valence electrons. The van der Waals surface area contributed by atoms with Gasteiger partial charge in [-0.05, 0) is 36.1 Å². The zero-order valence-corrected chi connectivity index (χ0v) is 18.5. The zero-order valence-electron chi connectivity index (χ0n) is 18.5. The lowest BCUT2D eigenvalue weighted by atomic mass is 9.96. The van der Waals surface area contributed by atoms with Crippen LogP contribution in [0, 0.1) is 11.7 Å². The smallest absolute Gasteiger partial charge is 0.326 e. The fourth-order valence-corrected chi connectivity index (χ4v) is 3.60. The van der Waals surface area contributed by atoms with Crippen LogP contribution >= 0.6 is 0 Å². The molecule has 1 fully saturated rings. The highest BCUT2D eigenvalue weighted by atomic mass is 19.1. The summed E-state index contributed by atoms with van der Waals surface area (Å²) in [6.07, 6.45) is 0.882. The van der Waals surface area contributed by atoms with Gasteiger partial charge in [0, 0.05) is 18.7 Å². The number of para-hydroxylation sites is 2. The van der Waals surface area contributed by atoms with Crippen LogP contribution in [-0.2, 0) is 19.1 Å². The van der Waals surface area contributed by atoms with E-state index < -0.39 is 36.2 Å². The first-order valence-electron chi connectivity index (χ1n) is 10.7. The Morgan fingerprint density at radius 1 is 1.15 bits per heavy atom. The molecule has 2 aromatic carbocycles. The average Bonchev–Trinajstić information content (AvgIpc) is 3.20. The Morgan fingerprint density at radius 3 is 2.58 bits per heavy atom. The number of ether oxygens (including phenoxy) is 1. The maximum absolute atomic E-state index is 13.6. The summed E-state index contributed by atoms with van der Waals surface area (Å²) in [6.45, 7) is 3.60. The Morgan fingerprint density at radius 2 is 1.85 bits per heavy atom. The molecule has 0 aliphatic carbocycles. The summed E-state index contributed by atoms with van der Waals surface area (Å²) in [5.41, 5.74) is 1.71. The molecule has 1 heterocycles. The first-order valence-corrected chi connectivity index (χ1v) is 10.7. The van der Waals surface area contributed by atoms with E-state index in [9.17, 15) is 23.6 Å². The van der Waals surface area contributed by atoms with Crippen LogP contribution in [0.3, 0.4) is 0 Å². The predicted octanol–water partition coefficient (Wildman–Crippen LogP) is 3.58. The van der Waals surface area contributed by atoms with E-state index in [0.29, 0.717) is 0 Å². The Kier molecular flexibility index (Phi) is 7.76. The second kappa shape index (κ2) is 10.7. The van der Waals surface area contributed by atoms with Crippen LogP contribution in [0.4, 0.5) is 20.6 Å². The number of hydrogen-bond acceptors (Lipinski definition) is 5. The van der Waals surface area contributed by atoms with Gasteiger partial charge in [0.25, 0.3) is 5.91 Å². The Hall–Kier alpha value is -3.75. The van der Waals surface area contributed by atoms with Gasteiger partial charge in [-0.15, -0.1) is 0 Å². The molecule has 9 heteroatoms. The molecule has 8 nitrogen and oxygen atoms in total. The average molecular weight is 455 g/mol. The Balaban J connectivity index is 1.52. The van der Waals surface area contributed by atoms with E-state index in [0.717, 1.165) is 23.7 Å². The Labute approximate surface area is 191 Å². The predicted molar refractivity (Wildman–Crippen MR) is 120 cm³/mol. The third-order valence-corrected chi connectivity index (χ3v) is 5.55. The van der Waals surface area contributed by atoms with Crippen molar-refractivity contribution in [2.45, 2.75) is 32.6 Å². The van der Waals surface area contributed by atoms with Gasteiger partial charge in [-0.2, -0.15) is 0 Å². The lowest BCUT2D eigenvalue weighted by Gasteiger charge is -2.23. The molecule has 1 aliphatic rings. The van der Waals surface area contributed by atoms with Crippen molar-refractivity contribution in [1.29, 1.82) is 0 Å². The number of hydrogen-bond donors (Lipinski definition) is 2. The number of amides is 4. The summed E-state index contributed by atoms with van der Waals surface area (Å²) < 4.78 is 18.6. The molecule has 1 aliphatic heterocycles. The fraction of sp³-hybridized carbons (Fsp3) is 0.333. The normalized spacial score (nSPS) is 16.3. The lowest BCUT2D eigenvalue weighted by Crippen LogP contribution is -2.38. The van der Waals surface area contributed by atoms with E-state index in [1.807, 2.05) is 29.6 Å². The standard InChI is InChI=1S/C24H26FN3O5/c1-3-15(2)17-8-4-7-11-20(17)28-13-16(12-22(28)30)23(31)33-14-21(29)27-24(32)26-19-10-6-5-9-18(19)25/h4-11,15-16H,3,12-14H2,1-2H3,(H2,26,27,29,32)/t15-,16+/m0/s1. The van der Waals surface area contributed by atoms with E-state index in [2.05, 4.69) is 19.2 Å². The van der Waals surface area contributed by atoms with Gasteiger partial charge in [-0.25, -0.2) is 9.18 Å². The number of carbonyl (C=O) groups excluding carboxylic acids is 4. The number of rotatable bonds is 7. The van der Waals surface area contributed by atoms with Crippen molar-refractivity contribution in [2.24, 2.45) is 5.92 Å². The van der Waals surface area contributed by atoms with Gasteiger partial charge < -0.3 is 15.0 Å². The summed E-state index contributed by atoms with van der Waals surface area (Å²) in [4.78, 5) is 50.4. The van der Waals surface area contributed by atoms with Crippen LogP contribution in [0.1, 0.15) is 38.2 Å². The number of esters is 1. The molecular weight excluding hydrogens is 429 g/mol. The fourth-order valence-electron chi connectivity index (χ4n) is 3.60.